The maximum atomic E-state index is 11.3. The Labute approximate surface area is 138 Å². The van der Waals surface area contributed by atoms with Gasteiger partial charge in [-0.3, -0.25) is 10.1 Å². The molecule has 2 rings (SSSR count). The number of aromatic nitrogens is 1. The van der Waals surface area contributed by atoms with Gasteiger partial charge in [-0.05, 0) is 25.1 Å². The largest absolute Gasteiger partial charge is 0.494 e. The van der Waals surface area contributed by atoms with Crippen LogP contribution in [0.5, 0.6) is 5.75 Å². The molecule has 1 aromatic heterocycles. The second kappa shape index (κ2) is 7.74. The molecule has 7 heteroatoms. The van der Waals surface area contributed by atoms with Gasteiger partial charge in [0, 0.05) is 23.9 Å². The second-order valence-corrected chi connectivity index (χ2v) is 4.54. The number of hydrogen-bond acceptors (Lipinski definition) is 6. The first-order valence-electron chi connectivity index (χ1n) is 7.02. The summed E-state index contributed by atoms with van der Waals surface area (Å²) in [5.41, 5.74) is 0.805. The minimum absolute atomic E-state index is 0.106. The van der Waals surface area contributed by atoms with Crippen LogP contribution in [-0.4, -0.2) is 29.6 Å². The van der Waals surface area contributed by atoms with E-state index in [1.807, 2.05) is 6.92 Å². The average Bonchev–Trinajstić information content (AvgIpc) is 2.60. The third kappa shape index (κ3) is 4.08. The predicted molar refractivity (Wildman–Crippen MR) is 85.8 cm³/mol. The van der Waals surface area contributed by atoms with Crippen LogP contribution in [0.2, 0.25) is 0 Å². The van der Waals surface area contributed by atoms with Crippen LogP contribution in [0.1, 0.15) is 28.5 Å². The van der Waals surface area contributed by atoms with E-state index in [-0.39, 0.29) is 16.9 Å². The SMILES string of the molecule is CCOc1ccc([N+](=O)[O-])c(C#Cc2ccc(C(=O)OC)nc2)c1. The van der Waals surface area contributed by atoms with Crippen molar-refractivity contribution in [3.05, 3.63) is 63.5 Å². The molecule has 0 saturated heterocycles. The fourth-order valence-electron chi connectivity index (χ4n) is 1.86. The van der Waals surface area contributed by atoms with Gasteiger partial charge in [0.2, 0.25) is 0 Å². The van der Waals surface area contributed by atoms with E-state index in [2.05, 4.69) is 21.6 Å². The van der Waals surface area contributed by atoms with E-state index in [1.165, 1.54) is 37.6 Å². The lowest BCUT2D eigenvalue weighted by molar-refractivity contribution is -0.385. The van der Waals surface area contributed by atoms with Crippen molar-refractivity contribution in [1.82, 2.24) is 4.98 Å². The molecule has 0 amide bonds. The highest BCUT2D eigenvalue weighted by molar-refractivity contribution is 5.87. The van der Waals surface area contributed by atoms with Gasteiger partial charge in [-0.15, -0.1) is 0 Å². The number of carbonyl (C=O) groups is 1. The molecule has 0 N–H and O–H groups in total. The fraction of sp³-hybridized carbons (Fsp3) is 0.176. The molecule has 0 aliphatic rings. The van der Waals surface area contributed by atoms with Crippen molar-refractivity contribution in [2.45, 2.75) is 6.92 Å². The Morgan fingerprint density at radius 1 is 1.29 bits per heavy atom. The van der Waals surface area contributed by atoms with Gasteiger partial charge >= 0.3 is 5.97 Å². The summed E-state index contributed by atoms with van der Waals surface area (Å²) in [7, 11) is 1.27. The summed E-state index contributed by atoms with van der Waals surface area (Å²) in [6.07, 6.45) is 1.40. The van der Waals surface area contributed by atoms with E-state index in [0.717, 1.165) is 0 Å². The molecule has 0 unspecified atom stereocenters. The Balaban J connectivity index is 2.33. The summed E-state index contributed by atoms with van der Waals surface area (Å²) in [5.74, 6) is 5.49. The van der Waals surface area contributed by atoms with Crippen LogP contribution in [-0.2, 0) is 4.74 Å². The molecule has 0 spiro atoms. The number of nitro groups is 1. The number of rotatable bonds is 4. The van der Waals surface area contributed by atoms with Gasteiger partial charge in [-0.1, -0.05) is 11.8 Å². The highest BCUT2D eigenvalue weighted by Gasteiger charge is 2.13. The van der Waals surface area contributed by atoms with E-state index >= 15 is 0 Å². The molecule has 0 aliphatic heterocycles. The number of pyridine rings is 1. The molecule has 0 saturated carbocycles. The lowest BCUT2D eigenvalue weighted by atomic mass is 10.1. The maximum absolute atomic E-state index is 11.3. The number of carbonyl (C=O) groups excluding carboxylic acids is 1. The van der Waals surface area contributed by atoms with Crippen molar-refractivity contribution >= 4 is 11.7 Å². The molecule has 24 heavy (non-hydrogen) atoms. The first-order valence-corrected chi connectivity index (χ1v) is 7.02. The molecule has 0 bridgehead atoms. The lowest BCUT2D eigenvalue weighted by Gasteiger charge is -2.03. The number of benzene rings is 1. The van der Waals surface area contributed by atoms with E-state index in [9.17, 15) is 14.9 Å². The predicted octanol–water partition coefficient (Wildman–Crippen LogP) is 2.57. The Morgan fingerprint density at radius 2 is 2.08 bits per heavy atom. The summed E-state index contributed by atoms with van der Waals surface area (Å²) in [5, 5.41) is 11.1. The topological polar surface area (TPSA) is 91.6 Å². The fourth-order valence-corrected chi connectivity index (χ4v) is 1.86. The van der Waals surface area contributed by atoms with Crippen molar-refractivity contribution in [2.75, 3.05) is 13.7 Å². The molecule has 122 valence electrons. The smallest absolute Gasteiger partial charge is 0.356 e. The monoisotopic (exact) mass is 326 g/mol. The molecular weight excluding hydrogens is 312 g/mol. The van der Waals surface area contributed by atoms with Crippen LogP contribution in [0.15, 0.2) is 36.5 Å². The zero-order valence-electron chi connectivity index (χ0n) is 13.1. The van der Waals surface area contributed by atoms with Crippen molar-refractivity contribution in [2.24, 2.45) is 0 Å². The molecule has 1 heterocycles. The van der Waals surface area contributed by atoms with E-state index in [1.54, 1.807) is 6.07 Å². The van der Waals surface area contributed by atoms with Crippen molar-refractivity contribution in [3.8, 4) is 17.6 Å². The number of hydrogen-bond donors (Lipinski definition) is 0. The minimum atomic E-state index is -0.547. The number of nitro benzene ring substituents is 1. The number of ether oxygens (including phenoxy) is 2. The minimum Gasteiger partial charge on any atom is -0.494 e. The van der Waals surface area contributed by atoms with Crippen molar-refractivity contribution in [1.29, 1.82) is 0 Å². The van der Waals surface area contributed by atoms with Crippen LogP contribution < -0.4 is 4.74 Å². The number of nitrogens with zero attached hydrogens (tertiary/aromatic N) is 2. The normalized spacial score (nSPS) is 9.58. The van der Waals surface area contributed by atoms with Gasteiger partial charge in [0.25, 0.3) is 5.69 Å². The zero-order valence-corrected chi connectivity index (χ0v) is 13.1. The molecule has 0 atom stereocenters. The first kappa shape index (κ1) is 17.0. The summed E-state index contributed by atoms with van der Waals surface area (Å²) >= 11 is 0. The highest BCUT2D eigenvalue weighted by atomic mass is 16.6. The Morgan fingerprint density at radius 3 is 2.67 bits per heavy atom. The Hall–Kier alpha value is -3.40. The lowest BCUT2D eigenvalue weighted by Crippen LogP contribution is -2.03. The van der Waals surface area contributed by atoms with Gasteiger partial charge in [-0.25, -0.2) is 9.78 Å². The molecule has 0 radical (unpaired) electrons. The summed E-state index contributed by atoms with van der Waals surface area (Å²) in [6, 6.07) is 7.46. The molecule has 1 aromatic carbocycles. The third-order valence-electron chi connectivity index (χ3n) is 2.98. The maximum Gasteiger partial charge on any atom is 0.356 e. The van der Waals surface area contributed by atoms with Crippen LogP contribution in [0, 0.1) is 22.0 Å². The van der Waals surface area contributed by atoms with E-state index in [4.69, 9.17) is 4.74 Å². The van der Waals surface area contributed by atoms with Crippen molar-refractivity contribution in [3.63, 3.8) is 0 Å². The van der Waals surface area contributed by atoms with Crippen LogP contribution >= 0.6 is 0 Å². The van der Waals surface area contributed by atoms with Gasteiger partial charge in [0.05, 0.1) is 18.6 Å². The van der Waals surface area contributed by atoms with Gasteiger partial charge in [-0.2, -0.15) is 0 Å². The number of methoxy groups -OCH3 is 1. The van der Waals surface area contributed by atoms with Crippen LogP contribution in [0.4, 0.5) is 5.69 Å². The van der Waals surface area contributed by atoms with Crippen LogP contribution in [0.25, 0.3) is 0 Å². The quantitative estimate of drug-likeness (QED) is 0.371. The van der Waals surface area contributed by atoms with Gasteiger partial charge < -0.3 is 9.47 Å². The molecule has 7 nitrogen and oxygen atoms in total. The first-order chi connectivity index (χ1) is 11.5. The highest BCUT2D eigenvalue weighted by Crippen LogP contribution is 2.23. The van der Waals surface area contributed by atoms with Crippen LogP contribution in [0.3, 0.4) is 0 Å². The summed E-state index contributed by atoms with van der Waals surface area (Å²) < 4.78 is 9.89. The molecular formula is C17H14N2O5. The zero-order chi connectivity index (χ0) is 17.5. The van der Waals surface area contributed by atoms with E-state index in [0.29, 0.717) is 17.9 Å². The number of esters is 1. The van der Waals surface area contributed by atoms with Gasteiger partial charge in [0.15, 0.2) is 0 Å². The Kier molecular flexibility index (Phi) is 5.47. The molecule has 2 aromatic rings. The molecule has 0 fully saturated rings. The van der Waals surface area contributed by atoms with Gasteiger partial charge in [0.1, 0.15) is 17.0 Å². The Bertz CT molecular complexity index is 819. The summed E-state index contributed by atoms with van der Waals surface area (Å²) in [4.78, 5) is 25.8. The molecule has 0 aliphatic carbocycles. The standard InChI is InChI=1S/C17H14N2O5/c1-3-24-14-7-9-16(19(21)22)13(10-14)6-4-12-5-8-15(18-11-12)17(20)23-2/h5,7-11H,3H2,1-2H3. The third-order valence-corrected chi connectivity index (χ3v) is 2.98. The summed E-state index contributed by atoms with van der Waals surface area (Å²) in [6.45, 7) is 2.27. The van der Waals surface area contributed by atoms with E-state index < -0.39 is 10.9 Å². The average molecular weight is 326 g/mol. The van der Waals surface area contributed by atoms with Crippen molar-refractivity contribution < 1.29 is 19.2 Å². The second-order valence-electron chi connectivity index (χ2n) is 4.54.